The summed E-state index contributed by atoms with van der Waals surface area (Å²) in [7, 11) is 3.34. The lowest BCUT2D eigenvalue weighted by Gasteiger charge is -2.21. The van der Waals surface area contributed by atoms with E-state index in [0.717, 1.165) is 11.0 Å². The first-order valence-electron chi connectivity index (χ1n) is 4.49. The van der Waals surface area contributed by atoms with Gasteiger partial charge in [0.05, 0.1) is 12.5 Å². The van der Waals surface area contributed by atoms with E-state index in [0.29, 0.717) is 0 Å². The van der Waals surface area contributed by atoms with Gasteiger partial charge in [0, 0.05) is 12.4 Å². The summed E-state index contributed by atoms with van der Waals surface area (Å²) in [5, 5.41) is 0. The van der Waals surface area contributed by atoms with E-state index in [9.17, 15) is 4.79 Å². The molecule has 0 aliphatic carbocycles. The molecule has 0 bridgehead atoms. The van der Waals surface area contributed by atoms with Gasteiger partial charge in [-0.05, 0) is 19.4 Å². The Balaban J connectivity index is 3.09. The molecule has 0 aliphatic rings. The number of nitrogens with zero attached hydrogens (tertiary/aromatic N) is 1. The van der Waals surface area contributed by atoms with Crippen LogP contribution in [-0.4, -0.2) is 25.9 Å². The average molecular weight is 191 g/mol. The first-order chi connectivity index (χ1) is 6.48. The molecule has 0 spiro atoms. The van der Waals surface area contributed by atoms with E-state index in [4.69, 9.17) is 4.74 Å². The quantitative estimate of drug-likeness (QED) is 0.479. The molecule has 3 nitrogen and oxygen atoms in total. The normalized spacial score (nSPS) is 11.1. The highest BCUT2D eigenvalue weighted by Crippen LogP contribution is 2.22. The molecule has 1 aromatic rings. The van der Waals surface area contributed by atoms with Crippen LogP contribution in [0.25, 0.3) is 0 Å². The van der Waals surface area contributed by atoms with Crippen LogP contribution in [0.3, 0.4) is 0 Å². The molecule has 0 saturated heterocycles. The Kier molecular flexibility index (Phi) is 2.94. The fourth-order valence-electron chi connectivity index (χ4n) is 1.27. The molecule has 1 rings (SSSR count). The fourth-order valence-corrected chi connectivity index (χ4v) is 1.27. The Hall–Kier alpha value is -1.32. The van der Waals surface area contributed by atoms with E-state index in [1.54, 1.807) is 12.4 Å². The number of esters is 1. The van der Waals surface area contributed by atoms with Gasteiger partial charge in [-0.1, -0.05) is 11.5 Å². The summed E-state index contributed by atoms with van der Waals surface area (Å²) in [5.74, 6) is -0.245. The molecule has 0 aromatic carbocycles. The van der Waals surface area contributed by atoms with E-state index < -0.39 is 5.41 Å². The van der Waals surface area contributed by atoms with Crippen molar-refractivity contribution < 1.29 is 9.53 Å². The SMILES string of the molecule is Bc1cncc(C(C)(C)C(=O)OC)c1. The van der Waals surface area contributed by atoms with Gasteiger partial charge in [-0.15, -0.1) is 0 Å². The molecule has 0 unspecified atom stereocenters. The molecule has 1 heterocycles. The highest BCUT2D eigenvalue weighted by atomic mass is 16.5. The number of hydrogen-bond acceptors (Lipinski definition) is 3. The summed E-state index contributed by atoms with van der Waals surface area (Å²) in [6.07, 6.45) is 3.46. The van der Waals surface area contributed by atoms with Crippen molar-refractivity contribution in [2.24, 2.45) is 0 Å². The molecule has 0 radical (unpaired) electrons. The molecule has 0 fully saturated rings. The van der Waals surface area contributed by atoms with Gasteiger partial charge in [0.1, 0.15) is 7.85 Å². The minimum Gasteiger partial charge on any atom is -0.468 e. The summed E-state index contributed by atoms with van der Waals surface area (Å²) in [4.78, 5) is 15.6. The lowest BCUT2D eigenvalue weighted by molar-refractivity contribution is -0.146. The second-order valence-electron chi connectivity index (χ2n) is 3.87. The largest absolute Gasteiger partial charge is 0.468 e. The lowest BCUT2D eigenvalue weighted by Crippen LogP contribution is -2.31. The number of carbonyl (C=O) groups excluding carboxylic acids is 1. The monoisotopic (exact) mass is 191 g/mol. The predicted octanol–water partition coefficient (Wildman–Crippen LogP) is -0.209. The number of ether oxygens (including phenoxy) is 1. The first kappa shape index (κ1) is 10.8. The van der Waals surface area contributed by atoms with Gasteiger partial charge >= 0.3 is 5.97 Å². The van der Waals surface area contributed by atoms with E-state index in [-0.39, 0.29) is 5.97 Å². The number of aromatic nitrogens is 1. The van der Waals surface area contributed by atoms with Gasteiger partial charge in [-0.25, -0.2) is 0 Å². The summed E-state index contributed by atoms with van der Waals surface area (Å²) < 4.78 is 4.74. The molecular weight excluding hydrogens is 177 g/mol. The maximum atomic E-state index is 11.5. The third-order valence-electron chi connectivity index (χ3n) is 2.29. The topological polar surface area (TPSA) is 39.2 Å². The minimum absolute atomic E-state index is 0.245. The Bertz CT molecular complexity index is 350. The molecule has 1 aromatic heterocycles. The number of hydrogen-bond donors (Lipinski definition) is 0. The Morgan fingerprint density at radius 2 is 2.14 bits per heavy atom. The van der Waals surface area contributed by atoms with Gasteiger partial charge in [0.2, 0.25) is 0 Å². The molecule has 0 atom stereocenters. The fraction of sp³-hybridized carbons (Fsp3) is 0.400. The zero-order valence-electron chi connectivity index (χ0n) is 9.00. The Morgan fingerprint density at radius 3 is 2.64 bits per heavy atom. The maximum absolute atomic E-state index is 11.5. The molecule has 4 heteroatoms. The van der Waals surface area contributed by atoms with Crippen molar-refractivity contribution in [1.29, 1.82) is 0 Å². The van der Waals surface area contributed by atoms with Crippen LogP contribution >= 0.6 is 0 Å². The first-order valence-corrected chi connectivity index (χ1v) is 4.49. The van der Waals surface area contributed by atoms with Crippen LogP contribution in [0.2, 0.25) is 0 Å². The smallest absolute Gasteiger partial charge is 0.315 e. The van der Waals surface area contributed by atoms with Crippen LogP contribution in [0.15, 0.2) is 18.5 Å². The molecule has 0 aliphatic heterocycles. The van der Waals surface area contributed by atoms with Crippen molar-refractivity contribution in [3.63, 3.8) is 0 Å². The van der Waals surface area contributed by atoms with Crippen LogP contribution in [0.5, 0.6) is 0 Å². The summed E-state index contributed by atoms with van der Waals surface area (Å²) in [5.41, 5.74) is 1.29. The van der Waals surface area contributed by atoms with E-state index in [1.807, 2.05) is 27.8 Å². The zero-order chi connectivity index (χ0) is 10.8. The van der Waals surface area contributed by atoms with Crippen LogP contribution in [0, 0.1) is 0 Å². The number of rotatable bonds is 2. The molecule has 14 heavy (non-hydrogen) atoms. The van der Waals surface area contributed by atoms with Crippen molar-refractivity contribution in [3.05, 3.63) is 24.0 Å². The predicted molar refractivity (Wildman–Crippen MR) is 57.5 cm³/mol. The third-order valence-corrected chi connectivity index (χ3v) is 2.29. The number of carbonyl (C=O) groups is 1. The Labute approximate surface area is 84.9 Å². The summed E-state index contributed by atoms with van der Waals surface area (Å²) in [6.45, 7) is 3.66. The van der Waals surface area contributed by atoms with Crippen LogP contribution < -0.4 is 5.46 Å². The van der Waals surface area contributed by atoms with E-state index in [1.165, 1.54) is 7.11 Å². The number of methoxy groups -OCH3 is 1. The number of pyridine rings is 1. The highest BCUT2D eigenvalue weighted by molar-refractivity contribution is 6.32. The van der Waals surface area contributed by atoms with Crippen molar-refractivity contribution in [1.82, 2.24) is 4.98 Å². The van der Waals surface area contributed by atoms with E-state index >= 15 is 0 Å². The highest BCUT2D eigenvalue weighted by Gasteiger charge is 2.31. The lowest BCUT2D eigenvalue weighted by atomic mass is 9.83. The van der Waals surface area contributed by atoms with Crippen LogP contribution in [-0.2, 0) is 14.9 Å². The van der Waals surface area contributed by atoms with Gasteiger partial charge in [0.15, 0.2) is 0 Å². The molecular formula is C10H14BNO2. The summed E-state index contributed by atoms with van der Waals surface area (Å²) in [6, 6.07) is 1.95. The van der Waals surface area contributed by atoms with Gasteiger partial charge < -0.3 is 4.74 Å². The minimum atomic E-state index is -0.631. The third kappa shape index (κ3) is 1.95. The molecule has 0 saturated carbocycles. The second-order valence-corrected chi connectivity index (χ2v) is 3.87. The average Bonchev–Trinajstić information content (AvgIpc) is 2.16. The Morgan fingerprint density at radius 1 is 1.50 bits per heavy atom. The standard InChI is InChI=1S/C10H14BNO2/c1-10(2,9(13)14-3)7-4-8(11)6-12-5-7/h4-6H,11H2,1-3H3. The summed E-state index contributed by atoms with van der Waals surface area (Å²) >= 11 is 0. The second kappa shape index (κ2) is 3.82. The maximum Gasteiger partial charge on any atom is 0.315 e. The molecule has 74 valence electrons. The van der Waals surface area contributed by atoms with Crippen molar-refractivity contribution >= 4 is 19.3 Å². The van der Waals surface area contributed by atoms with Crippen LogP contribution in [0.1, 0.15) is 19.4 Å². The van der Waals surface area contributed by atoms with Gasteiger partial charge in [-0.2, -0.15) is 0 Å². The van der Waals surface area contributed by atoms with Crippen LogP contribution in [0.4, 0.5) is 0 Å². The van der Waals surface area contributed by atoms with E-state index in [2.05, 4.69) is 4.98 Å². The zero-order valence-corrected chi connectivity index (χ0v) is 9.00. The van der Waals surface area contributed by atoms with Crippen molar-refractivity contribution in [2.75, 3.05) is 7.11 Å². The van der Waals surface area contributed by atoms with Gasteiger partial charge in [-0.3, -0.25) is 9.78 Å². The van der Waals surface area contributed by atoms with Crippen molar-refractivity contribution in [3.8, 4) is 0 Å². The molecule has 0 amide bonds. The van der Waals surface area contributed by atoms with Gasteiger partial charge in [0.25, 0.3) is 0 Å². The van der Waals surface area contributed by atoms with Crippen molar-refractivity contribution in [2.45, 2.75) is 19.3 Å². The molecule has 0 N–H and O–H groups in total.